The van der Waals surface area contributed by atoms with Crippen LogP contribution in [0.1, 0.15) is 10.4 Å². The van der Waals surface area contributed by atoms with Crippen molar-refractivity contribution < 1.29 is 13.5 Å². The fraction of sp³-hybridized carbons (Fsp3) is 0.556. The smallest absolute Gasteiger partial charge is 0.247 e. The summed E-state index contributed by atoms with van der Waals surface area (Å²) in [5, 5.41) is 13.9. The quantitative estimate of drug-likeness (QED) is 0.786. The molecule has 90 valence electrons. The van der Waals surface area contributed by atoms with Crippen LogP contribution in [0, 0.1) is 0 Å². The highest BCUT2D eigenvalue weighted by molar-refractivity contribution is 7.91. The molecule has 5 nitrogen and oxygen atoms in total. The van der Waals surface area contributed by atoms with Crippen LogP contribution < -0.4 is 5.14 Å². The summed E-state index contributed by atoms with van der Waals surface area (Å²) in [6.07, 6.45) is 0.821. The first-order valence-corrected chi connectivity index (χ1v) is 7.34. The molecule has 0 amide bonds. The van der Waals surface area contributed by atoms with Crippen LogP contribution in [0.3, 0.4) is 0 Å². The standard InChI is InChI=1S/C9H14N2O3S2/c10-16(13,14)9-5-7-1-2-11(3-4-12)6-8(7)15-9/h5,12H,1-4,6H2,(H2,10,13,14). The predicted molar refractivity (Wildman–Crippen MR) is 61.8 cm³/mol. The molecule has 1 aliphatic rings. The zero-order valence-electron chi connectivity index (χ0n) is 8.72. The molecule has 0 radical (unpaired) electrons. The second-order valence-electron chi connectivity index (χ2n) is 3.81. The lowest BCUT2D eigenvalue weighted by molar-refractivity contribution is 0.186. The van der Waals surface area contributed by atoms with Gasteiger partial charge in [-0.05, 0) is 18.1 Å². The van der Waals surface area contributed by atoms with Crippen molar-refractivity contribution in [1.82, 2.24) is 4.90 Å². The third-order valence-electron chi connectivity index (χ3n) is 2.64. The lowest BCUT2D eigenvalue weighted by Gasteiger charge is -2.25. The van der Waals surface area contributed by atoms with Gasteiger partial charge in [-0.3, -0.25) is 4.90 Å². The Hall–Kier alpha value is -0.470. The summed E-state index contributed by atoms with van der Waals surface area (Å²) in [6, 6.07) is 1.67. The first-order valence-electron chi connectivity index (χ1n) is 4.98. The van der Waals surface area contributed by atoms with Gasteiger partial charge in [-0.2, -0.15) is 0 Å². The first-order chi connectivity index (χ1) is 7.50. The number of rotatable bonds is 3. The van der Waals surface area contributed by atoms with Gasteiger partial charge in [-0.1, -0.05) is 0 Å². The summed E-state index contributed by atoms with van der Waals surface area (Å²) in [7, 11) is -3.58. The molecule has 0 spiro atoms. The molecule has 0 bridgehead atoms. The molecule has 16 heavy (non-hydrogen) atoms. The number of hydrogen-bond donors (Lipinski definition) is 2. The maximum Gasteiger partial charge on any atom is 0.247 e. The number of thiophene rings is 1. The third kappa shape index (κ3) is 2.44. The fourth-order valence-electron chi connectivity index (χ4n) is 1.82. The molecule has 7 heteroatoms. The van der Waals surface area contributed by atoms with E-state index in [1.807, 2.05) is 0 Å². The van der Waals surface area contributed by atoms with Gasteiger partial charge in [0.2, 0.25) is 10.0 Å². The average Bonchev–Trinajstić information content (AvgIpc) is 2.60. The number of primary sulfonamides is 1. The summed E-state index contributed by atoms with van der Waals surface area (Å²) in [5.41, 5.74) is 1.07. The molecule has 0 unspecified atom stereocenters. The Morgan fingerprint density at radius 1 is 1.56 bits per heavy atom. The van der Waals surface area contributed by atoms with Gasteiger partial charge in [-0.25, -0.2) is 13.6 Å². The Balaban J connectivity index is 2.23. The van der Waals surface area contributed by atoms with Gasteiger partial charge in [0, 0.05) is 24.5 Å². The van der Waals surface area contributed by atoms with E-state index in [0.29, 0.717) is 13.1 Å². The van der Waals surface area contributed by atoms with E-state index in [1.54, 1.807) is 6.07 Å². The number of hydrogen-bond acceptors (Lipinski definition) is 5. The van der Waals surface area contributed by atoms with Crippen LogP contribution in [-0.2, 0) is 23.0 Å². The van der Waals surface area contributed by atoms with Crippen LogP contribution >= 0.6 is 11.3 Å². The summed E-state index contributed by atoms with van der Waals surface area (Å²) in [5.74, 6) is 0. The minimum Gasteiger partial charge on any atom is -0.395 e. The molecule has 2 rings (SSSR count). The van der Waals surface area contributed by atoms with Gasteiger partial charge >= 0.3 is 0 Å². The topological polar surface area (TPSA) is 83.6 Å². The van der Waals surface area contributed by atoms with Crippen LogP contribution in [0.2, 0.25) is 0 Å². The number of aliphatic hydroxyl groups excluding tert-OH is 1. The van der Waals surface area contributed by atoms with E-state index < -0.39 is 10.0 Å². The molecule has 0 fully saturated rings. The molecule has 0 atom stereocenters. The van der Waals surface area contributed by atoms with Crippen molar-refractivity contribution in [3.8, 4) is 0 Å². The molecule has 3 N–H and O–H groups in total. The largest absolute Gasteiger partial charge is 0.395 e. The van der Waals surface area contributed by atoms with Gasteiger partial charge in [0.05, 0.1) is 6.61 Å². The Bertz CT molecular complexity index is 481. The number of β-amino-alcohol motifs (C(OH)–C–C–N with tert-alkyl or cyclic N) is 1. The van der Waals surface area contributed by atoms with E-state index >= 15 is 0 Å². The summed E-state index contributed by atoms with van der Waals surface area (Å²) in [6.45, 7) is 2.31. The molecule has 1 aromatic heterocycles. The highest BCUT2D eigenvalue weighted by Gasteiger charge is 2.22. The van der Waals surface area contributed by atoms with Crippen LogP contribution in [0.25, 0.3) is 0 Å². The molecule has 0 saturated carbocycles. The maximum absolute atomic E-state index is 11.2. The molecule has 2 heterocycles. The van der Waals surface area contributed by atoms with Crippen LogP contribution in [0.15, 0.2) is 10.3 Å². The van der Waals surface area contributed by atoms with Crippen molar-refractivity contribution in [1.29, 1.82) is 0 Å². The zero-order chi connectivity index (χ0) is 11.8. The van der Waals surface area contributed by atoms with Crippen LogP contribution in [0.4, 0.5) is 0 Å². The van der Waals surface area contributed by atoms with Crippen molar-refractivity contribution in [2.45, 2.75) is 17.2 Å². The maximum atomic E-state index is 11.2. The molecule has 0 aromatic carbocycles. The normalized spacial score (nSPS) is 17.4. The zero-order valence-corrected chi connectivity index (χ0v) is 10.4. The van der Waals surface area contributed by atoms with Crippen molar-refractivity contribution in [3.05, 3.63) is 16.5 Å². The summed E-state index contributed by atoms with van der Waals surface area (Å²) >= 11 is 1.24. The number of nitrogens with two attached hydrogens (primary N) is 1. The minimum atomic E-state index is -3.58. The summed E-state index contributed by atoms with van der Waals surface area (Å²) < 4.78 is 22.6. The lowest BCUT2D eigenvalue weighted by atomic mass is 10.1. The lowest BCUT2D eigenvalue weighted by Crippen LogP contribution is -2.31. The van der Waals surface area contributed by atoms with Crippen molar-refractivity contribution in [2.75, 3.05) is 19.7 Å². The highest BCUT2D eigenvalue weighted by atomic mass is 32.2. The van der Waals surface area contributed by atoms with Crippen molar-refractivity contribution in [3.63, 3.8) is 0 Å². The van der Waals surface area contributed by atoms with E-state index in [2.05, 4.69) is 4.90 Å². The Labute approximate surface area is 98.5 Å². The van der Waals surface area contributed by atoms with Crippen LogP contribution in [-0.4, -0.2) is 38.1 Å². The Morgan fingerprint density at radius 3 is 2.94 bits per heavy atom. The van der Waals surface area contributed by atoms with Gasteiger partial charge in [0.25, 0.3) is 0 Å². The van der Waals surface area contributed by atoms with E-state index in [4.69, 9.17) is 10.2 Å². The van der Waals surface area contributed by atoms with Gasteiger partial charge in [0.1, 0.15) is 4.21 Å². The van der Waals surface area contributed by atoms with E-state index in [9.17, 15) is 8.42 Å². The molecular formula is C9H14N2O3S2. The molecular weight excluding hydrogens is 248 g/mol. The van der Waals surface area contributed by atoms with Crippen molar-refractivity contribution >= 4 is 21.4 Å². The molecule has 1 aromatic rings. The number of sulfonamides is 1. The van der Waals surface area contributed by atoms with Gasteiger partial charge in [-0.15, -0.1) is 11.3 Å². The third-order valence-corrected chi connectivity index (χ3v) is 5.22. The molecule has 1 aliphatic heterocycles. The van der Waals surface area contributed by atoms with E-state index in [1.165, 1.54) is 11.3 Å². The van der Waals surface area contributed by atoms with Gasteiger partial charge < -0.3 is 5.11 Å². The van der Waals surface area contributed by atoms with Gasteiger partial charge in [0.15, 0.2) is 0 Å². The fourth-order valence-corrected chi connectivity index (χ4v) is 3.87. The monoisotopic (exact) mass is 262 g/mol. The highest BCUT2D eigenvalue weighted by Crippen LogP contribution is 2.30. The van der Waals surface area contributed by atoms with E-state index in [-0.39, 0.29) is 10.8 Å². The second kappa shape index (κ2) is 4.42. The number of fused-ring (bicyclic) bond motifs is 1. The summed E-state index contributed by atoms with van der Waals surface area (Å²) in [4.78, 5) is 3.15. The molecule has 0 aliphatic carbocycles. The second-order valence-corrected chi connectivity index (χ2v) is 6.73. The number of nitrogens with zero attached hydrogens (tertiary/aromatic N) is 1. The Kier molecular flexibility index (Phi) is 3.32. The minimum absolute atomic E-state index is 0.128. The SMILES string of the molecule is NS(=O)(=O)c1cc2c(s1)CN(CCO)CC2. The van der Waals surface area contributed by atoms with Crippen molar-refractivity contribution in [2.24, 2.45) is 5.14 Å². The average molecular weight is 262 g/mol. The first kappa shape index (κ1) is 12.0. The van der Waals surface area contributed by atoms with Crippen LogP contribution in [0.5, 0.6) is 0 Å². The predicted octanol–water partition coefficient (Wildman–Crippen LogP) is -0.254. The van der Waals surface area contributed by atoms with E-state index in [0.717, 1.165) is 23.4 Å². The molecule has 0 saturated heterocycles. The Morgan fingerprint density at radius 2 is 2.31 bits per heavy atom. The number of aliphatic hydroxyl groups is 1.